The van der Waals surface area contributed by atoms with Crippen LogP contribution in [0.1, 0.15) is 126 Å². The van der Waals surface area contributed by atoms with Gasteiger partial charge in [-0.1, -0.05) is 111 Å². The molecule has 0 saturated carbocycles. The average Bonchev–Trinajstić information content (AvgIpc) is 0.929. The third kappa shape index (κ3) is 27.0. The molecule has 119 heavy (non-hydrogen) atoms. The van der Waals surface area contributed by atoms with E-state index in [0.717, 1.165) is 10.5 Å². The molecular weight excluding hydrogens is 1570 g/mol. The number of hydrogen-bond acceptors (Lipinski definition) is 27. The fraction of sp³-hybridized carbons (Fsp3) is 0.671. The summed E-state index contributed by atoms with van der Waals surface area (Å²) in [6.45, 7) is 13.2. The van der Waals surface area contributed by atoms with Crippen LogP contribution in [-0.4, -0.2) is 327 Å². The lowest BCUT2D eigenvalue weighted by molar-refractivity contribution is -0.294. The molecule has 0 aromatic heterocycles. The number of amides is 12. The molecule has 4 saturated heterocycles. The number of carbonyl (C=O) groups is 14. The summed E-state index contributed by atoms with van der Waals surface area (Å²) in [5.41, 5.74) is 1.17. The summed E-state index contributed by atoms with van der Waals surface area (Å²) in [7, 11) is 5.76. The van der Waals surface area contributed by atoms with Crippen molar-refractivity contribution in [2.75, 3.05) is 73.0 Å². The van der Waals surface area contributed by atoms with Gasteiger partial charge in [0.25, 0.3) is 0 Å². The standard InChI is InChI=1S/C79H119N11O29/c1-14-42(8)59(50(113-12)35-55(95)89-32-18-22-49(89)66(114-13)43(9)69(102)83-47(34-44-20-16-15-17-21-44)70(103)81-30-19-33-115-77-64(100)60(96)62(98)67(118-77)75(108)109)87(10)74(107)57(40(4)5)86-73(106)58(41(6)7)88(11)79(112)117-37-45-23-25-46(26-24-45)82-71(104)48(38-116-78-65(101)61(97)63(99)68(119-78)76(110)111)84-72(105)56(39(2)3)85-51(91)29-31-80-52(92)36-90-53(93)27-28-54(90)94/h15-17,20-21,23-26,39-43,47-50,56-68,77-78,96-101H,14,18-19,22,27-38H2,1-13H3,(H,80,92)(H,81,103)(H,82,104)(H,83,102)(H,84,105)(H,85,91)(H,86,106)(H,108,109)(H,110,111)/t42-,43+,47-,48-,49-,50+,56-,57-,58-,59-,60-,61-,62-,63-,64+,65+,66+,67-,68-,77+,78+/m0/s1/i27T/t27?,42-,43+,47-,48-,49-,50+,56-,57-,58-,59-,60-,61-,62-,63-,64+,65+,66+,67-,68-,77+,78+. The van der Waals surface area contributed by atoms with Crippen LogP contribution < -0.4 is 37.2 Å². The van der Waals surface area contributed by atoms with Crippen LogP contribution in [0.5, 0.6) is 0 Å². The number of aliphatic hydroxyl groups is 6. The van der Waals surface area contributed by atoms with Gasteiger partial charge in [-0.3, -0.25) is 62.5 Å². The third-order valence-corrected chi connectivity index (χ3v) is 21.4. The molecule has 40 heteroatoms. The summed E-state index contributed by atoms with van der Waals surface area (Å²) in [5, 5.41) is 99.4. The fourth-order valence-electron chi connectivity index (χ4n) is 14.4. The fourth-order valence-corrected chi connectivity index (χ4v) is 14.4. The number of hydrogen-bond donors (Lipinski definition) is 15. The Hall–Kier alpha value is -9.46. The number of nitrogens with zero attached hydrogens (tertiary/aromatic N) is 4. The normalized spacial score (nSPS) is 24.5. The zero-order chi connectivity index (χ0) is 89.4. The minimum Gasteiger partial charge on any atom is -0.479 e. The lowest BCUT2D eigenvalue weighted by atomic mass is 9.89. The molecule has 15 N–H and O–H groups in total. The summed E-state index contributed by atoms with van der Waals surface area (Å²) in [6.07, 6.45) is -22.7. The van der Waals surface area contributed by atoms with Crippen molar-refractivity contribution in [1.29, 1.82) is 0 Å². The highest BCUT2D eigenvalue weighted by Crippen LogP contribution is 2.32. The van der Waals surface area contributed by atoms with E-state index in [1.54, 1.807) is 90.7 Å². The van der Waals surface area contributed by atoms with Gasteiger partial charge in [-0.15, -0.1) is 0 Å². The van der Waals surface area contributed by atoms with E-state index in [0.29, 0.717) is 36.3 Å². The van der Waals surface area contributed by atoms with Crippen molar-refractivity contribution in [3.63, 3.8) is 0 Å². The Morgan fingerprint density at radius 1 is 0.622 bits per heavy atom. The quantitative estimate of drug-likeness (QED) is 0.0243. The molecule has 664 valence electrons. The Morgan fingerprint density at radius 3 is 1.76 bits per heavy atom. The first-order valence-corrected chi connectivity index (χ1v) is 39.6. The highest BCUT2D eigenvalue weighted by atomic mass is 16.7. The topological polar surface area (TPSA) is 563 Å². The van der Waals surface area contributed by atoms with Crippen LogP contribution in [-0.2, 0) is 109 Å². The molecule has 0 radical (unpaired) electrons. The van der Waals surface area contributed by atoms with E-state index in [-0.39, 0.29) is 69.5 Å². The van der Waals surface area contributed by atoms with Gasteiger partial charge in [0.15, 0.2) is 24.8 Å². The number of rotatable bonds is 44. The molecule has 0 bridgehead atoms. The number of carboxylic acids is 2. The van der Waals surface area contributed by atoms with E-state index in [4.69, 9.17) is 34.5 Å². The number of nitrogens with one attached hydrogen (secondary N) is 7. The molecular formula is C79H119N11O29. The van der Waals surface area contributed by atoms with Gasteiger partial charge in [-0.25, -0.2) is 14.4 Å². The Balaban J connectivity index is 1.06. The first-order chi connectivity index (χ1) is 56.6. The monoisotopic (exact) mass is 1690 g/mol. The van der Waals surface area contributed by atoms with Crippen molar-refractivity contribution >= 4 is 88.7 Å². The van der Waals surface area contributed by atoms with E-state index in [1.807, 2.05) is 13.8 Å². The maximum Gasteiger partial charge on any atom is 0.410 e. The van der Waals surface area contributed by atoms with E-state index < -0.39 is 243 Å². The SMILES string of the molecule is [3H]C1CC(=O)N(CC(=O)NCCC(=O)N[C@H](C(=O)N[C@@H](CO[C@@H]2O[C@H](C(=O)O)[C@@H](O)[C@H](O)[C@H]2O)C(=O)Nc2ccc(COC(=O)N(C)[C@H](C(=O)N[C@H](C(=O)N(C)[C@@H]([C@@H](C)CC)[C@@H](CC(=O)N3CCC[C@H]3[C@H](OC)[C@@H](C)C(=O)N[C@@H](Cc3ccccc3)C(=O)NCCCO[C@@H]3O[C@H](C(=O)O)[C@@H](O)[C@H](O)[C@H]3O)OC)C(C)C)C(C)C)cc2)C(C)C)C1=O. The number of ether oxygens (including phenoxy) is 7. The molecule has 2 aromatic carbocycles. The number of aliphatic hydroxyl groups excluding tert-OH is 6. The Kier molecular flexibility index (Phi) is 37.7. The summed E-state index contributed by atoms with van der Waals surface area (Å²) in [6, 6.07) is 6.63. The number of imide groups is 1. The Bertz CT molecular complexity index is 3830. The number of likely N-dealkylation sites (N-methyl/N-ethyl adjacent to an activating group) is 2. The van der Waals surface area contributed by atoms with Crippen molar-refractivity contribution in [2.45, 2.75) is 243 Å². The van der Waals surface area contributed by atoms with Crippen LogP contribution in [0.25, 0.3) is 0 Å². The van der Waals surface area contributed by atoms with Crippen LogP contribution in [0.4, 0.5) is 10.5 Å². The third-order valence-electron chi connectivity index (χ3n) is 21.4. The first kappa shape index (κ1) is 96.7. The second kappa shape index (κ2) is 46.4. The van der Waals surface area contributed by atoms with Gasteiger partial charge < -0.3 is 121 Å². The lowest BCUT2D eigenvalue weighted by Gasteiger charge is -2.41. The molecule has 2 aromatic rings. The molecule has 4 heterocycles. The summed E-state index contributed by atoms with van der Waals surface area (Å²) < 4.78 is 46.9. The number of carboxylic acid groups (broad SMARTS) is 2. The summed E-state index contributed by atoms with van der Waals surface area (Å²) >= 11 is 0. The van der Waals surface area contributed by atoms with Crippen molar-refractivity contribution in [1.82, 2.24) is 51.5 Å². The molecule has 4 fully saturated rings. The van der Waals surface area contributed by atoms with Crippen LogP contribution in [0.15, 0.2) is 54.6 Å². The van der Waals surface area contributed by atoms with Gasteiger partial charge in [0.2, 0.25) is 65.0 Å². The van der Waals surface area contributed by atoms with E-state index >= 15 is 4.79 Å². The number of carbonyl (C=O) groups excluding carboxylic acids is 12. The van der Waals surface area contributed by atoms with Gasteiger partial charge in [0.05, 0.1) is 49.8 Å². The molecule has 0 aliphatic carbocycles. The largest absolute Gasteiger partial charge is 0.479 e. The average molecular weight is 1690 g/mol. The molecule has 6 rings (SSSR count). The van der Waals surface area contributed by atoms with E-state index in [1.165, 1.54) is 50.4 Å². The van der Waals surface area contributed by atoms with Gasteiger partial charge in [-0.05, 0) is 66.2 Å². The Labute approximate surface area is 691 Å². The molecule has 4 aliphatic rings. The second-order valence-corrected chi connectivity index (χ2v) is 31.1. The van der Waals surface area contributed by atoms with Gasteiger partial charge in [0, 0.05) is 80.7 Å². The highest BCUT2D eigenvalue weighted by Gasteiger charge is 2.51. The smallest absolute Gasteiger partial charge is 0.410 e. The highest BCUT2D eigenvalue weighted by molar-refractivity contribution is 6.04. The lowest BCUT2D eigenvalue weighted by Crippen LogP contribution is -2.61. The molecule has 22 atom stereocenters. The number of benzene rings is 2. The predicted octanol–water partition coefficient (Wildman–Crippen LogP) is -2.39. The molecule has 40 nitrogen and oxygen atoms in total. The molecule has 0 spiro atoms. The number of anilines is 1. The zero-order valence-electron chi connectivity index (χ0n) is 70.2. The van der Waals surface area contributed by atoms with Gasteiger partial charge >= 0.3 is 18.0 Å². The van der Waals surface area contributed by atoms with Crippen molar-refractivity contribution in [3.05, 3.63) is 65.7 Å². The van der Waals surface area contributed by atoms with Crippen LogP contribution in [0.3, 0.4) is 0 Å². The zero-order valence-corrected chi connectivity index (χ0v) is 69.2. The van der Waals surface area contributed by atoms with Crippen LogP contribution in [0.2, 0.25) is 0 Å². The van der Waals surface area contributed by atoms with Crippen molar-refractivity contribution in [3.8, 4) is 0 Å². The van der Waals surface area contributed by atoms with Crippen LogP contribution >= 0.6 is 0 Å². The van der Waals surface area contributed by atoms with Crippen LogP contribution in [0, 0.1) is 29.6 Å². The van der Waals surface area contributed by atoms with Gasteiger partial charge in [0.1, 0.15) is 80.0 Å². The molecule has 1 unspecified atom stereocenters. The Morgan fingerprint density at radius 2 is 1.22 bits per heavy atom. The van der Waals surface area contributed by atoms with E-state index in [9.17, 15) is 103 Å². The number of likely N-dealkylation sites (tertiary alicyclic amines) is 2. The second-order valence-electron chi connectivity index (χ2n) is 31.1. The first-order valence-electron chi connectivity index (χ1n) is 40.2. The maximum absolute atomic E-state index is 15.0. The molecule has 4 aliphatic heterocycles. The summed E-state index contributed by atoms with van der Waals surface area (Å²) in [5.74, 6) is -14.1. The van der Waals surface area contributed by atoms with E-state index in [2.05, 4.69) is 37.2 Å². The minimum atomic E-state index is -2.10. The maximum atomic E-state index is 15.0. The van der Waals surface area contributed by atoms with Crippen molar-refractivity contribution < 1.29 is 143 Å². The minimum absolute atomic E-state index is 0.0107. The number of methoxy groups -OCH3 is 2. The number of aliphatic carboxylic acids is 2. The molecule has 12 amide bonds. The summed E-state index contributed by atoms with van der Waals surface area (Å²) in [4.78, 5) is 193. The van der Waals surface area contributed by atoms with Gasteiger partial charge in [-0.2, -0.15) is 0 Å². The van der Waals surface area contributed by atoms with Crippen molar-refractivity contribution in [2.24, 2.45) is 29.6 Å². The predicted molar refractivity (Wildman–Crippen MR) is 417 cm³/mol.